The molecule has 0 saturated carbocycles. The normalized spacial score (nSPS) is 10.1. The smallest absolute Gasteiger partial charge is 0.345 e. The van der Waals surface area contributed by atoms with Crippen LogP contribution >= 0.6 is 0 Å². The molecule has 0 atom stereocenters. The molecular weight excluding hydrogens is 400 g/mol. The van der Waals surface area contributed by atoms with Crippen LogP contribution in [0.1, 0.15) is 17.3 Å². The van der Waals surface area contributed by atoms with Gasteiger partial charge in [-0.05, 0) is 61.5 Å². The lowest BCUT2D eigenvalue weighted by Gasteiger charge is -2.05. The van der Waals surface area contributed by atoms with Crippen LogP contribution < -0.4 is 14.2 Å². The number of hydrogen-bond acceptors (Lipinski definition) is 7. The van der Waals surface area contributed by atoms with Crippen LogP contribution in [0.25, 0.3) is 11.3 Å². The van der Waals surface area contributed by atoms with E-state index in [0.717, 1.165) is 6.08 Å². The Morgan fingerprint density at radius 3 is 2.06 bits per heavy atom. The van der Waals surface area contributed by atoms with Crippen molar-refractivity contribution >= 4 is 17.9 Å². The number of rotatable bonds is 7. The first-order valence-corrected chi connectivity index (χ1v) is 9.10. The fraction of sp³-hybridized carbons (Fsp3) is 0.0417. The maximum absolute atomic E-state index is 12.3. The minimum Gasteiger partial charge on any atom is -0.425 e. The van der Waals surface area contributed by atoms with E-state index in [0.29, 0.717) is 17.1 Å². The van der Waals surface area contributed by atoms with Crippen LogP contribution in [0.2, 0.25) is 0 Å². The topological polar surface area (TPSA) is 92.0 Å². The van der Waals surface area contributed by atoms with Crippen LogP contribution in [0, 0.1) is 0 Å². The summed E-state index contributed by atoms with van der Waals surface area (Å²) in [4.78, 5) is 35.1. The first-order valence-electron chi connectivity index (χ1n) is 9.10. The molecule has 1 aromatic heterocycles. The Morgan fingerprint density at radius 1 is 0.839 bits per heavy atom. The third-order valence-corrected chi connectivity index (χ3v) is 3.95. The van der Waals surface area contributed by atoms with Crippen molar-refractivity contribution in [1.82, 2.24) is 0 Å². The van der Waals surface area contributed by atoms with Gasteiger partial charge in [0.05, 0.1) is 5.56 Å². The molecule has 0 bridgehead atoms. The summed E-state index contributed by atoms with van der Waals surface area (Å²) < 4.78 is 20.9. The van der Waals surface area contributed by atoms with Gasteiger partial charge < -0.3 is 18.6 Å². The minimum atomic E-state index is -0.634. The third kappa shape index (κ3) is 5.57. The first-order chi connectivity index (χ1) is 14.9. The van der Waals surface area contributed by atoms with Gasteiger partial charge in [-0.3, -0.25) is 0 Å². The second-order valence-corrected chi connectivity index (χ2v) is 6.35. The highest BCUT2D eigenvalue weighted by Crippen LogP contribution is 2.28. The van der Waals surface area contributed by atoms with Crippen LogP contribution in [0.5, 0.6) is 17.4 Å². The maximum Gasteiger partial charge on any atom is 0.345 e. The number of benzene rings is 2. The van der Waals surface area contributed by atoms with Crippen molar-refractivity contribution in [2.24, 2.45) is 0 Å². The van der Waals surface area contributed by atoms with Crippen molar-refractivity contribution in [3.05, 3.63) is 91.0 Å². The van der Waals surface area contributed by atoms with Crippen LogP contribution in [0.15, 0.2) is 89.9 Å². The van der Waals surface area contributed by atoms with Crippen molar-refractivity contribution in [2.45, 2.75) is 6.92 Å². The number of esters is 3. The van der Waals surface area contributed by atoms with Gasteiger partial charge in [-0.15, -0.1) is 0 Å². The van der Waals surface area contributed by atoms with E-state index in [9.17, 15) is 14.4 Å². The van der Waals surface area contributed by atoms with E-state index in [1.54, 1.807) is 30.3 Å². The fourth-order valence-corrected chi connectivity index (χ4v) is 2.38. The molecule has 0 aliphatic rings. The molecule has 7 heteroatoms. The van der Waals surface area contributed by atoms with Gasteiger partial charge in [0.15, 0.2) is 0 Å². The molecule has 2 aromatic carbocycles. The fourth-order valence-electron chi connectivity index (χ4n) is 2.38. The Hall–Kier alpha value is -4.39. The highest BCUT2D eigenvalue weighted by atomic mass is 16.6. The molecule has 3 aromatic rings. The highest BCUT2D eigenvalue weighted by molar-refractivity contribution is 5.91. The van der Waals surface area contributed by atoms with E-state index in [1.165, 1.54) is 37.3 Å². The van der Waals surface area contributed by atoms with E-state index >= 15 is 0 Å². The van der Waals surface area contributed by atoms with E-state index in [4.69, 9.17) is 18.6 Å². The largest absolute Gasteiger partial charge is 0.425 e. The lowest BCUT2D eigenvalue weighted by Crippen LogP contribution is -2.10. The predicted octanol–water partition coefficient (Wildman–Crippen LogP) is 4.74. The zero-order chi connectivity index (χ0) is 22.4. The standard InChI is InChI=1S/C24H18O7/c1-4-21(25)28-18-9-5-16(6-10-18)20-13-14-22(30-20)31-24(27)17-7-11-19(12-8-17)29-23(26)15(2)3/h4-14H,1-2H2,3H3. The predicted molar refractivity (Wildman–Crippen MR) is 112 cm³/mol. The molecule has 0 unspecified atom stereocenters. The lowest BCUT2D eigenvalue weighted by molar-refractivity contribution is -0.130. The average molecular weight is 418 g/mol. The number of carbonyl (C=O) groups is 3. The highest BCUT2D eigenvalue weighted by Gasteiger charge is 2.14. The summed E-state index contributed by atoms with van der Waals surface area (Å²) in [7, 11) is 0. The van der Waals surface area contributed by atoms with Gasteiger partial charge >= 0.3 is 17.9 Å². The van der Waals surface area contributed by atoms with Gasteiger partial charge in [-0.25, -0.2) is 14.4 Å². The summed E-state index contributed by atoms with van der Waals surface area (Å²) in [6, 6.07) is 15.7. The Kier molecular flexibility index (Phi) is 6.47. The van der Waals surface area contributed by atoms with Crippen molar-refractivity contribution in [3.63, 3.8) is 0 Å². The number of furan rings is 1. The Bertz CT molecular complexity index is 1140. The van der Waals surface area contributed by atoms with Crippen LogP contribution in [0.3, 0.4) is 0 Å². The second kappa shape index (κ2) is 9.41. The molecular formula is C24H18O7. The molecule has 0 saturated heterocycles. The molecule has 156 valence electrons. The van der Waals surface area contributed by atoms with Gasteiger partial charge in [0, 0.05) is 23.3 Å². The quantitative estimate of drug-likeness (QED) is 0.311. The van der Waals surface area contributed by atoms with E-state index in [-0.39, 0.29) is 22.8 Å². The summed E-state index contributed by atoms with van der Waals surface area (Å²) in [6.07, 6.45) is 1.07. The summed E-state index contributed by atoms with van der Waals surface area (Å²) in [6.45, 7) is 8.38. The molecule has 0 spiro atoms. The van der Waals surface area contributed by atoms with Crippen LogP contribution in [0.4, 0.5) is 0 Å². The van der Waals surface area contributed by atoms with Crippen molar-refractivity contribution in [1.29, 1.82) is 0 Å². The molecule has 31 heavy (non-hydrogen) atoms. The summed E-state index contributed by atoms with van der Waals surface area (Å²) in [5.41, 5.74) is 1.22. The molecule has 0 radical (unpaired) electrons. The average Bonchev–Trinajstić information content (AvgIpc) is 3.23. The molecule has 1 heterocycles. The minimum absolute atomic E-state index is 0.0138. The molecule has 0 amide bonds. The van der Waals surface area contributed by atoms with Gasteiger partial charge in [0.25, 0.3) is 5.95 Å². The molecule has 3 rings (SSSR count). The number of ether oxygens (including phenoxy) is 3. The monoisotopic (exact) mass is 418 g/mol. The van der Waals surface area contributed by atoms with Crippen LogP contribution in [-0.4, -0.2) is 17.9 Å². The van der Waals surface area contributed by atoms with Gasteiger partial charge in [0.2, 0.25) is 0 Å². The Morgan fingerprint density at radius 2 is 1.45 bits per heavy atom. The van der Waals surface area contributed by atoms with E-state index in [2.05, 4.69) is 13.2 Å². The lowest BCUT2D eigenvalue weighted by atomic mass is 10.2. The second-order valence-electron chi connectivity index (χ2n) is 6.35. The zero-order valence-corrected chi connectivity index (χ0v) is 16.6. The zero-order valence-electron chi connectivity index (χ0n) is 16.6. The third-order valence-electron chi connectivity index (χ3n) is 3.95. The summed E-state index contributed by atoms with van der Waals surface area (Å²) >= 11 is 0. The van der Waals surface area contributed by atoms with Crippen molar-refractivity contribution in [2.75, 3.05) is 0 Å². The maximum atomic E-state index is 12.3. The van der Waals surface area contributed by atoms with Gasteiger partial charge in [-0.2, -0.15) is 0 Å². The Labute approximate surface area is 178 Å². The molecule has 0 aliphatic carbocycles. The van der Waals surface area contributed by atoms with Crippen molar-refractivity contribution < 1.29 is 33.0 Å². The molecule has 7 nitrogen and oxygen atoms in total. The number of carbonyl (C=O) groups excluding carboxylic acids is 3. The van der Waals surface area contributed by atoms with Crippen molar-refractivity contribution in [3.8, 4) is 28.8 Å². The summed E-state index contributed by atoms with van der Waals surface area (Å²) in [5.74, 6) is -0.611. The van der Waals surface area contributed by atoms with Gasteiger partial charge in [-0.1, -0.05) is 13.2 Å². The SMILES string of the molecule is C=CC(=O)Oc1ccc(-c2ccc(OC(=O)c3ccc(OC(=O)C(=C)C)cc3)o2)cc1. The molecule has 0 fully saturated rings. The van der Waals surface area contributed by atoms with Crippen LogP contribution in [-0.2, 0) is 9.59 Å². The summed E-state index contributed by atoms with van der Waals surface area (Å²) in [5, 5.41) is 0. The molecule has 0 aliphatic heterocycles. The van der Waals surface area contributed by atoms with Gasteiger partial charge in [0.1, 0.15) is 17.3 Å². The van der Waals surface area contributed by atoms with E-state index < -0.39 is 17.9 Å². The molecule has 0 N–H and O–H groups in total. The Balaban J connectivity index is 1.63. The van der Waals surface area contributed by atoms with E-state index in [1.807, 2.05) is 0 Å². The first kappa shape index (κ1) is 21.3. The number of hydrogen-bond donors (Lipinski definition) is 0.